The summed E-state index contributed by atoms with van der Waals surface area (Å²) in [7, 11) is -10.7. The molecule has 0 radical (unpaired) electrons. The number of rotatable bonds is 4. The fourth-order valence-electron chi connectivity index (χ4n) is 3.14. The van der Waals surface area contributed by atoms with Crippen LogP contribution >= 0.6 is 7.81 Å². The normalized spacial score (nSPS) is 17.6. The van der Waals surface area contributed by atoms with E-state index in [9.17, 15) is 30.3 Å². The first-order valence-electron chi connectivity index (χ1n) is 8.80. The molecule has 1 heterocycles. The molecule has 3 nitrogen and oxygen atoms in total. The minimum absolute atomic E-state index is 0.0251. The number of halogens is 6. The molecule has 1 unspecified atom stereocenters. The molecule has 1 N–H and O–H groups in total. The number of hydrogen-bond acceptors (Lipinski definition) is 2. The van der Waals surface area contributed by atoms with Gasteiger partial charge in [0.25, 0.3) is 0 Å². The number of hydrogen-bond donors (Lipinski definition) is 1. The van der Waals surface area contributed by atoms with Crippen LogP contribution in [0.3, 0.4) is 0 Å². The molecule has 1 atom stereocenters. The third-order valence-corrected chi connectivity index (χ3v) is 4.18. The second-order valence-corrected chi connectivity index (χ2v) is 8.88. The first kappa shape index (κ1) is 23.2. The van der Waals surface area contributed by atoms with E-state index in [1.807, 2.05) is 18.2 Å². The SMILES string of the molecule is Cc1cc(C)cc(N2C=[N+](C(CO)c3ccccc3)CC2)c1.F[P-](F)(F)(F)(F)F. The van der Waals surface area contributed by atoms with Gasteiger partial charge in [0, 0.05) is 0 Å². The van der Waals surface area contributed by atoms with Gasteiger partial charge in [-0.15, -0.1) is 0 Å². The molecule has 0 saturated heterocycles. The van der Waals surface area contributed by atoms with E-state index in [4.69, 9.17) is 0 Å². The number of anilines is 1. The van der Waals surface area contributed by atoms with Gasteiger partial charge in [0.15, 0.2) is 0 Å². The number of aliphatic hydroxyl groups excluding tert-OH is 1. The zero-order valence-corrected chi connectivity index (χ0v) is 16.8. The van der Waals surface area contributed by atoms with E-state index < -0.39 is 7.81 Å². The molecule has 0 aliphatic carbocycles. The molecule has 0 saturated carbocycles. The monoisotopic (exact) mass is 440 g/mol. The molecule has 0 spiro atoms. The summed E-state index contributed by atoms with van der Waals surface area (Å²) in [4.78, 5) is 2.27. The van der Waals surface area contributed by atoms with Crippen LogP contribution in [-0.2, 0) is 0 Å². The van der Waals surface area contributed by atoms with Crippen LogP contribution in [0, 0.1) is 13.8 Å². The molecular weight excluding hydrogens is 417 g/mol. The first-order valence-corrected chi connectivity index (χ1v) is 10.8. The van der Waals surface area contributed by atoms with E-state index in [0.717, 1.165) is 18.7 Å². The summed E-state index contributed by atoms with van der Waals surface area (Å²) >= 11 is 0. The molecule has 2 aromatic carbocycles. The summed E-state index contributed by atoms with van der Waals surface area (Å²) in [5.74, 6) is 0. The Balaban J connectivity index is 0.000000370. The van der Waals surface area contributed by atoms with E-state index in [2.05, 4.69) is 60.0 Å². The van der Waals surface area contributed by atoms with E-state index in [0.29, 0.717) is 0 Å². The van der Waals surface area contributed by atoms with Crippen molar-refractivity contribution in [2.45, 2.75) is 19.9 Å². The van der Waals surface area contributed by atoms with E-state index in [1.165, 1.54) is 16.8 Å². The van der Waals surface area contributed by atoms with Crippen LogP contribution in [0.15, 0.2) is 48.5 Å². The standard InChI is InChI=1S/C19H23N2O.F6P/c1-15-10-16(2)12-18(11-15)20-8-9-21(14-20)19(13-22)17-6-4-3-5-7-17;1-7(2,3,4,5)6/h3-7,10-12,14,19,22H,8-9,13H2,1-2H3;/q+1;-1. The summed E-state index contributed by atoms with van der Waals surface area (Å²) in [6.45, 7) is 6.26. The molecule has 0 fully saturated rings. The van der Waals surface area contributed by atoms with Gasteiger partial charge in [0.2, 0.25) is 6.34 Å². The van der Waals surface area contributed by atoms with Crippen molar-refractivity contribution in [2.75, 3.05) is 24.6 Å². The van der Waals surface area contributed by atoms with Crippen molar-refractivity contribution in [3.63, 3.8) is 0 Å². The van der Waals surface area contributed by atoms with Crippen molar-refractivity contribution in [3.05, 3.63) is 65.2 Å². The van der Waals surface area contributed by atoms with Crippen LogP contribution in [0.4, 0.5) is 30.9 Å². The Bertz CT molecular complexity index is 853. The van der Waals surface area contributed by atoms with Crippen molar-refractivity contribution in [2.24, 2.45) is 0 Å². The molecule has 1 aliphatic heterocycles. The van der Waals surface area contributed by atoms with Crippen LogP contribution in [0.5, 0.6) is 0 Å². The first-order chi connectivity index (χ1) is 13.1. The van der Waals surface area contributed by atoms with Crippen LogP contribution in [0.25, 0.3) is 0 Å². The van der Waals surface area contributed by atoms with Gasteiger partial charge < -0.3 is 5.11 Å². The Kier molecular flexibility index (Phi) is 6.08. The summed E-state index contributed by atoms with van der Waals surface area (Å²) in [6, 6.07) is 16.9. The zero-order valence-electron chi connectivity index (χ0n) is 16.0. The van der Waals surface area contributed by atoms with Crippen LogP contribution in [0.1, 0.15) is 22.7 Å². The second kappa shape index (κ2) is 7.61. The maximum absolute atomic E-state index is 10.7. The fourth-order valence-corrected chi connectivity index (χ4v) is 3.14. The quantitative estimate of drug-likeness (QED) is 0.344. The summed E-state index contributed by atoms with van der Waals surface area (Å²) in [5.41, 5.74) is 4.94. The Labute approximate surface area is 165 Å². The third-order valence-electron chi connectivity index (χ3n) is 4.18. The Morgan fingerprint density at radius 2 is 1.48 bits per heavy atom. The Morgan fingerprint density at radius 3 is 1.97 bits per heavy atom. The number of benzene rings is 2. The van der Waals surface area contributed by atoms with Gasteiger partial charge in [-0.1, -0.05) is 36.4 Å². The van der Waals surface area contributed by atoms with E-state index in [-0.39, 0.29) is 12.6 Å². The third kappa shape index (κ3) is 8.83. The average molecular weight is 440 g/mol. The predicted molar refractivity (Wildman–Crippen MR) is 104 cm³/mol. The van der Waals surface area contributed by atoms with Gasteiger partial charge in [-0.25, -0.2) is 4.90 Å². The van der Waals surface area contributed by atoms with Crippen LogP contribution in [0.2, 0.25) is 0 Å². The molecule has 1 aliphatic rings. The summed E-state index contributed by atoms with van der Waals surface area (Å²) < 4.78 is 61.4. The molecule has 0 aromatic heterocycles. The second-order valence-electron chi connectivity index (χ2n) is 6.96. The van der Waals surface area contributed by atoms with Gasteiger partial charge >= 0.3 is 33.0 Å². The zero-order chi connectivity index (χ0) is 21.9. The van der Waals surface area contributed by atoms with Crippen molar-refractivity contribution in [3.8, 4) is 0 Å². The molecule has 10 heteroatoms. The maximum atomic E-state index is 9.87. The van der Waals surface area contributed by atoms with Gasteiger partial charge in [0.05, 0.1) is 6.61 Å². The average Bonchev–Trinajstić information content (AvgIpc) is 3.02. The summed E-state index contributed by atoms with van der Waals surface area (Å²) in [6.07, 6.45) is 2.14. The Hall–Kier alpha value is -2.12. The molecule has 2 aromatic rings. The number of nitrogens with zero attached hydrogens (tertiary/aromatic N) is 2. The van der Waals surface area contributed by atoms with E-state index >= 15 is 0 Å². The molecule has 0 amide bonds. The van der Waals surface area contributed by atoms with Gasteiger partial charge in [-0.2, -0.15) is 0 Å². The predicted octanol–water partition coefficient (Wildman–Crippen LogP) is 6.28. The summed E-state index contributed by atoms with van der Waals surface area (Å²) in [5, 5.41) is 9.80. The van der Waals surface area contributed by atoms with Crippen molar-refractivity contribution in [1.29, 1.82) is 0 Å². The Morgan fingerprint density at radius 1 is 0.966 bits per heavy atom. The molecule has 3 rings (SSSR count). The molecule has 0 bridgehead atoms. The molecule has 29 heavy (non-hydrogen) atoms. The van der Waals surface area contributed by atoms with Crippen molar-refractivity contribution >= 4 is 19.8 Å². The van der Waals surface area contributed by atoms with Crippen LogP contribution < -0.4 is 4.90 Å². The van der Waals surface area contributed by atoms with Crippen LogP contribution in [-0.4, -0.2) is 35.7 Å². The van der Waals surface area contributed by atoms with Gasteiger partial charge in [0.1, 0.15) is 24.8 Å². The van der Waals surface area contributed by atoms with Gasteiger partial charge in [-0.05, 0) is 42.7 Å². The fraction of sp³-hybridized carbons (Fsp3) is 0.316. The number of aliphatic hydroxyl groups is 1. The van der Waals surface area contributed by atoms with Crippen molar-refractivity contribution in [1.82, 2.24) is 0 Å². The van der Waals surface area contributed by atoms with E-state index in [1.54, 1.807) is 0 Å². The number of aryl methyl sites for hydroxylation is 2. The van der Waals surface area contributed by atoms with Gasteiger partial charge in [-0.3, -0.25) is 4.58 Å². The minimum atomic E-state index is -10.7. The van der Waals surface area contributed by atoms with Crippen molar-refractivity contribution < 1.29 is 34.9 Å². The molecule has 162 valence electrons. The topological polar surface area (TPSA) is 26.5 Å². The molecular formula is C19H23F6N2OP.